The summed E-state index contributed by atoms with van der Waals surface area (Å²) in [5, 5.41) is 4.63. The van der Waals surface area contributed by atoms with E-state index in [0.29, 0.717) is 5.52 Å². The second-order valence-electron chi connectivity index (χ2n) is 5.86. The van der Waals surface area contributed by atoms with Crippen LogP contribution in [-0.4, -0.2) is 22.9 Å². The van der Waals surface area contributed by atoms with Crippen molar-refractivity contribution in [1.29, 1.82) is 0 Å². The molecule has 28 heavy (non-hydrogen) atoms. The van der Waals surface area contributed by atoms with E-state index < -0.39 is 23.5 Å². The molecule has 0 radical (unpaired) electrons. The van der Waals surface area contributed by atoms with Crippen LogP contribution in [0.3, 0.4) is 0 Å². The number of benzene rings is 2. The third-order valence-electron chi connectivity index (χ3n) is 4.02. The van der Waals surface area contributed by atoms with E-state index in [0.717, 1.165) is 24.3 Å². The number of halogens is 5. The van der Waals surface area contributed by atoms with Crippen molar-refractivity contribution in [3.8, 4) is 0 Å². The van der Waals surface area contributed by atoms with E-state index in [4.69, 9.17) is 11.6 Å². The average Bonchev–Trinajstić information content (AvgIpc) is 2.98. The van der Waals surface area contributed by atoms with Crippen molar-refractivity contribution >= 4 is 34.5 Å². The van der Waals surface area contributed by atoms with Crippen molar-refractivity contribution in [2.45, 2.75) is 12.7 Å². The molecule has 0 N–H and O–H groups in total. The van der Waals surface area contributed by atoms with Gasteiger partial charge in [-0.2, -0.15) is 18.3 Å². The highest BCUT2D eigenvalue weighted by Crippen LogP contribution is 2.33. The maximum absolute atomic E-state index is 14.1. The molecule has 4 nitrogen and oxygen atoms in total. The molecule has 1 aromatic heterocycles. The van der Waals surface area contributed by atoms with Crippen molar-refractivity contribution < 1.29 is 27.1 Å². The lowest BCUT2D eigenvalue weighted by Crippen LogP contribution is -2.05. The van der Waals surface area contributed by atoms with Gasteiger partial charge in [0.2, 0.25) is 0 Å². The predicted octanol–water partition coefficient (Wildman–Crippen LogP) is 5.08. The quantitative estimate of drug-likeness (QED) is 0.341. The lowest BCUT2D eigenvalue weighted by Gasteiger charge is -2.08. The standard InChI is InChI=1S/C19H13ClF4N2O2/c1-28-18(27)7-5-16-14-8-12(19(22,23)24)3-6-17(14)26(25-16)10-11-2-4-13(20)9-15(11)21/h2-9H,10H2,1H3. The van der Waals surface area contributed by atoms with Crippen molar-refractivity contribution in [1.82, 2.24) is 9.78 Å². The third kappa shape index (κ3) is 4.17. The maximum Gasteiger partial charge on any atom is 0.416 e. The molecule has 0 saturated carbocycles. The molecule has 0 aliphatic heterocycles. The van der Waals surface area contributed by atoms with Gasteiger partial charge in [-0.15, -0.1) is 0 Å². The minimum absolute atomic E-state index is 0.0308. The highest BCUT2D eigenvalue weighted by molar-refractivity contribution is 6.30. The highest BCUT2D eigenvalue weighted by Gasteiger charge is 2.31. The summed E-state index contributed by atoms with van der Waals surface area (Å²) < 4.78 is 59.2. The van der Waals surface area contributed by atoms with Crippen LogP contribution >= 0.6 is 11.6 Å². The smallest absolute Gasteiger partial charge is 0.416 e. The summed E-state index contributed by atoms with van der Waals surface area (Å²) >= 11 is 5.74. The second-order valence-corrected chi connectivity index (χ2v) is 6.30. The fourth-order valence-electron chi connectivity index (χ4n) is 2.65. The Morgan fingerprint density at radius 2 is 2.00 bits per heavy atom. The molecule has 1 heterocycles. The number of carbonyl (C=O) groups is 1. The molecule has 146 valence electrons. The van der Waals surface area contributed by atoms with Gasteiger partial charge in [-0.25, -0.2) is 9.18 Å². The number of fused-ring (bicyclic) bond motifs is 1. The summed E-state index contributed by atoms with van der Waals surface area (Å²) in [5.74, 6) is -1.24. The zero-order valence-corrected chi connectivity index (χ0v) is 15.2. The van der Waals surface area contributed by atoms with Crippen LogP contribution in [0.25, 0.3) is 17.0 Å². The van der Waals surface area contributed by atoms with Crippen LogP contribution in [0.15, 0.2) is 42.5 Å². The number of methoxy groups -OCH3 is 1. The SMILES string of the molecule is COC(=O)C=Cc1nn(Cc2ccc(Cl)cc2F)c2ccc(C(F)(F)F)cc12. The Morgan fingerprint density at radius 3 is 2.64 bits per heavy atom. The van der Waals surface area contributed by atoms with Gasteiger partial charge in [-0.3, -0.25) is 4.68 Å². The highest BCUT2D eigenvalue weighted by atomic mass is 35.5. The van der Waals surface area contributed by atoms with Crippen molar-refractivity contribution in [2.24, 2.45) is 0 Å². The lowest BCUT2D eigenvalue weighted by molar-refractivity contribution is -0.137. The number of alkyl halides is 3. The van der Waals surface area contributed by atoms with E-state index in [-0.39, 0.29) is 28.2 Å². The fraction of sp³-hybridized carbons (Fsp3) is 0.158. The van der Waals surface area contributed by atoms with Crippen LogP contribution in [0.2, 0.25) is 5.02 Å². The van der Waals surface area contributed by atoms with Crippen LogP contribution in [0.1, 0.15) is 16.8 Å². The molecule has 0 unspecified atom stereocenters. The van der Waals surface area contributed by atoms with E-state index in [1.165, 1.54) is 36.1 Å². The Morgan fingerprint density at radius 1 is 1.25 bits per heavy atom. The summed E-state index contributed by atoms with van der Waals surface area (Å²) in [5.41, 5.74) is -0.116. The van der Waals surface area contributed by atoms with Crippen LogP contribution < -0.4 is 0 Å². The third-order valence-corrected chi connectivity index (χ3v) is 4.26. The van der Waals surface area contributed by atoms with Gasteiger partial charge in [0.15, 0.2) is 0 Å². The van der Waals surface area contributed by atoms with E-state index in [2.05, 4.69) is 9.84 Å². The minimum Gasteiger partial charge on any atom is -0.466 e. The second kappa shape index (κ2) is 7.63. The molecule has 3 rings (SSSR count). The average molecular weight is 413 g/mol. The summed E-state index contributed by atoms with van der Waals surface area (Å²) in [7, 11) is 1.18. The van der Waals surface area contributed by atoms with Gasteiger partial charge >= 0.3 is 12.1 Å². The molecule has 3 aromatic rings. The molecule has 0 amide bonds. The first-order valence-corrected chi connectivity index (χ1v) is 8.34. The summed E-state index contributed by atoms with van der Waals surface area (Å²) in [4.78, 5) is 11.3. The van der Waals surface area contributed by atoms with Gasteiger partial charge in [-0.05, 0) is 36.4 Å². The molecule has 0 spiro atoms. The maximum atomic E-state index is 14.1. The first-order chi connectivity index (χ1) is 13.2. The van der Waals surface area contributed by atoms with Crippen molar-refractivity contribution in [3.05, 3.63) is 70.1 Å². The largest absolute Gasteiger partial charge is 0.466 e. The topological polar surface area (TPSA) is 44.1 Å². The number of aromatic nitrogens is 2. The summed E-state index contributed by atoms with van der Waals surface area (Å²) in [6.07, 6.45) is -2.24. The number of hydrogen-bond acceptors (Lipinski definition) is 3. The molecule has 0 atom stereocenters. The van der Waals surface area contributed by atoms with Gasteiger partial charge in [0, 0.05) is 22.0 Å². The van der Waals surface area contributed by atoms with E-state index in [1.807, 2.05) is 0 Å². The van der Waals surface area contributed by atoms with Gasteiger partial charge in [0.25, 0.3) is 0 Å². The van der Waals surface area contributed by atoms with E-state index in [9.17, 15) is 22.4 Å². The molecule has 0 bridgehead atoms. The van der Waals surface area contributed by atoms with Crippen LogP contribution in [0.4, 0.5) is 17.6 Å². The fourth-order valence-corrected chi connectivity index (χ4v) is 2.81. The Bertz CT molecular complexity index is 1070. The molecule has 0 fully saturated rings. The van der Waals surface area contributed by atoms with Crippen LogP contribution in [0.5, 0.6) is 0 Å². The Hall–Kier alpha value is -2.87. The first kappa shape index (κ1) is 19.9. The molecule has 9 heteroatoms. The molecule has 2 aromatic carbocycles. The lowest BCUT2D eigenvalue weighted by atomic mass is 10.1. The summed E-state index contributed by atoms with van der Waals surface area (Å²) in [6, 6.07) is 7.24. The Balaban J connectivity index is 2.12. The van der Waals surface area contributed by atoms with Crippen LogP contribution in [-0.2, 0) is 22.3 Å². The zero-order chi connectivity index (χ0) is 20.5. The molecular formula is C19H13ClF4N2O2. The number of rotatable bonds is 4. The van der Waals surface area contributed by atoms with E-state index >= 15 is 0 Å². The monoisotopic (exact) mass is 412 g/mol. The zero-order valence-electron chi connectivity index (χ0n) is 14.4. The Kier molecular flexibility index (Phi) is 5.42. The number of carbonyl (C=O) groups excluding carboxylic acids is 1. The van der Waals surface area contributed by atoms with Gasteiger partial charge < -0.3 is 4.74 Å². The molecule has 0 aliphatic carbocycles. The molecule has 0 saturated heterocycles. The van der Waals surface area contributed by atoms with Gasteiger partial charge in [0.05, 0.1) is 30.4 Å². The minimum atomic E-state index is -4.54. The summed E-state index contributed by atoms with van der Waals surface area (Å²) in [6.45, 7) is -0.0308. The normalized spacial score (nSPS) is 12.1. The molecular weight excluding hydrogens is 400 g/mol. The van der Waals surface area contributed by atoms with Crippen LogP contribution in [0, 0.1) is 5.82 Å². The number of nitrogens with zero attached hydrogens (tertiary/aromatic N) is 2. The van der Waals surface area contributed by atoms with Crippen molar-refractivity contribution in [2.75, 3.05) is 7.11 Å². The predicted molar refractivity (Wildman–Crippen MR) is 96.3 cm³/mol. The number of esters is 1. The van der Waals surface area contributed by atoms with Crippen molar-refractivity contribution in [3.63, 3.8) is 0 Å². The van der Waals surface area contributed by atoms with E-state index in [1.54, 1.807) is 0 Å². The number of hydrogen-bond donors (Lipinski definition) is 0. The Labute approximate surface area is 162 Å². The molecule has 0 aliphatic rings. The number of ether oxygens (including phenoxy) is 1. The van der Waals surface area contributed by atoms with Gasteiger partial charge in [-0.1, -0.05) is 17.7 Å². The first-order valence-electron chi connectivity index (χ1n) is 7.97. The van der Waals surface area contributed by atoms with Gasteiger partial charge in [0.1, 0.15) is 5.82 Å².